The Morgan fingerprint density at radius 2 is 1.74 bits per heavy atom. The molecule has 1 saturated carbocycles. The van der Waals surface area contributed by atoms with E-state index in [1.165, 1.54) is 0 Å². The molecule has 0 heterocycles. The van der Waals surface area contributed by atoms with Crippen molar-refractivity contribution >= 4 is 16.3 Å². The second kappa shape index (κ2) is 7.87. The summed E-state index contributed by atoms with van der Waals surface area (Å²) in [5.41, 5.74) is 6.57. The van der Waals surface area contributed by atoms with Crippen molar-refractivity contribution in [2.45, 2.75) is 25.7 Å². The minimum atomic E-state index is -5.17. The fourth-order valence-corrected chi connectivity index (χ4v) is 2.88. The molecule has 7 nitrogen and oxygen atoms in total. The Morgan fingerprint density at radius 1 is 1.26 bits per heavy atom. The van der Waals surface area contributed by atoms with Crippen LogP contribution in [-0.4, -0.2) is 48.0 Å². The third kappa shape index (κ3) is 5.00. The summed E-state index contributed by atoms with van der Waals surface area (Å²) in [6.07, 6.45) is 0.892. The summed E-state index contributed by atoms with van der Waals surface area (Å²) >= 11 is 0. The van der Waals surface area contributed by atoms with Crippen LogP contribution in [0.1, 0.15) is 25.8 Å². The van der Waals surface area contributed by atoms with Gasteiger partial charge < -0.3 is 19.7 Å². The number of hydrogen-bond acceptors (Lipinski definition) is 6. The lowest BCUT2D eigenvalue weighted by molar-refractivity contribution is -0.134. The maximum Gasteiger partial charge on any atom is 0.233 e. The van der Waals surface area contributed by atoms with Gasteiger partial charge in [-0.2, -0.15) is 0 Å². The van der Waals surface area contributed by atoms with Crippen LogP contribution in [0.5, 0.6) is 0 Å². The van der Waals surface area contributed by atoms with Crippen molar-refractivity contribution in [3.05, 3.63) is 35.9 Å². The van der Waals surface area contributed by atoms with Gasteiger partial charge in [0.15, 0.2) is 0 Å². The first kappa shape index (κ1) is 19.6. The summed E-state index contributed by atoms with van der Waals surface area (Å²) in [6.45, 7) is 6.17. The van der Waals surface area contributed by atoms with Gasteiger partial charge in [-0.05, 0) is 38.3 Å². The molecule has 2 rings (SSSR count). The summed E-state index contributed by atoms with van der Waals surface area (Å²) in [6, 6.07) is 10.1. The van der Waals surface area contributed by atoms with E-state index in [0.717, 1.165) is 25.1 Å². The second-order valence-electron chi connectivity index (χ2n) is 5.36. The van der Waals surface area contributed by atoms with E-state index >= 15 is 0 Å². The van der Waals surface area contributed by atoms with Gasteiger partial charge in [0.05, 0.1) is 5.41 Å². The number of rotatable bonds is 5. The van der Waals surface area contributed by atoms with Gasteiger partial charge in [-0.1, -0.05) is 30.3 Å². The lowest BCUT2D eigenvalue weighted by Gasteiger charge is -2.26. The third-order valence-corrected chi connectivity index (χ3v) is 4.11. The zero-order valence-electron chi connectivity index (χ0n) is 13.3. The first-order valence-corrected chi connectivity index (χ1v) is 8.75. The Morgan fingerprint density at radius 3 is 2.09 bits per heavy atom. The van der Waals surface area contributed by atoms with Gasteiger partial charge in [0.25, 0.3) is 0 Å². The standard InChI is InChI=1S/C15H22N2O.H2O4S/c1-3-17(4-2)14(18)15(10-13(15)11-16)12-8-6-5-7-9-12;1-5(2,3)4/h5-9,13H,3-4,10-11,16H2,1-2H3;(H2,1,2,3,4)/p-2/t13-,15+;/m1./s1. The molecular formula is C15H22N2O5S-2. The molecule has 2 N–H and O–H groups in total. The number of carbonyl (C=O) groups excluding carboxylic acids is 1. The van der Waals surface area contributed by atoms with Crippen LogP contribution in [0.3, 0.4) is 0 Å². The summed E-state index contributed by atoms with van der Waals surface area (Å²) in [5, 5.41) is 0. The topological polar surface area (TPSA) is 127 Å². The Hall–Kier alpha value is -1.48. The van der Waals surface area contributed by atoms with Crippen LogP contribution in [-0.2, 0) is 20.6 Å². The van der Waals surface area contributed by atoms with Gasteiger partial charge in [0, 0.05) is 23.5 Å². The minimum Gasteiger partial charge on any atom is -0.759 e. The highest BCUT2D eigenvalue weighted by atomic mass is 32.3. The molecule has 2 atom stereocenters. The smallest absolute Gasteiger partial charge is 0.233 e. The van der Waals surface area contributed by atoms with E-state index in [1.54, 1.807) is 0 Å². The quantitative estimate of drug-likeness (QED) is 0.611. The predicted molar refractivity (Wildman–Crippen MR) is 83.7 cm³/mol. The number of carbonyl (C=O) groups is 1. The molecule has 0 unspecified atom stereocenters. The van der Waals surface area contributed by atoms with Crippen molar-refractivity contribution in [1.29, 1.82) is 0 Å². The summed E-state index contributed by atoms with van der Waals surface area (Å²) in [7, 11) is -5.17. The number of nitrogens with two attached hydrogens (primary N) is 1. The Bertz CT molecular complexity index is 608. The molecule has 0 saturated heterocycles. The van der Waals surface area contributed by atoms with Crippen LogP contribution in [0.25, 0.3) is 0 Å². The molecular weight excluding hydrogens is 320 g/mol. The van der Waals surface area contributed by atoms with Crippen LogP contribution in [0.2, 0.25) is 0 Å². The molecule has 1 fully saturated rings. The molecule has 1 aromatic carbocycles. The van der Waals surface area contributed by atoms with Gasteiger partial charge in [-0.25, -0.2) is 0 Å². The highest BCUT2D eigenvalue weighted by Gasteiger charge is 2.61. The van der Waals surface area contributed by atoms with Gasteiger partial charge in [-0.3, -0.25) is 13.2 Å². The normalized spacial score (nSPS) is 22.7. The lowest BCUT2D eigenvalue weighted by Crippen LogP contribution is -2.40. The highest BCUT2D eigenvalue weighted by molar-refractivity contribution is 7.79. The SMILES string of the molecule is CCN(CC)C(=O)[C@]1(c2ccccc2)C[C@@H]1CN.O=S(=O)([O-])[O-]. The van der Waals surface area contributed by atoms with E-state index in [9.17, 15) is 4.79 Å². The molecule has 0 aromatic heterocycles. The zero-order valence-corrected chi connectivity index (χ0v) is 14.1. The Balaban J connectivity index is 0.000000463. The van der Waals surface area contributed by atoms with Gasteiger partial charge in [0.2, 0.25) is 5.91 Å². The van der Waals surface area contributed by atoms with E-state index in [1.807, 2.05) is 36.9 Å². The van der Waals surface area contributed by atoms with Crippen LogP contribution >= 0.6 is 0 Å². The first-order chi connectivity index (χ1) is 10.7. The molecule has 1 aromatic rings. The maximum absolute atomic E-state index is 12.7. The van der Waals surface area contributed by atoms with Crippen molar-refractivity contribution in [1.82, 2.24) is 4.90 Å². The van der Waals surface area contributed by atoms with Crippen molar-refractivity contribution in [3.63, 3.8) is 0 Å². The minimum absolute atomic E-state index is 0.245. The van der Waals surface area contributed by atoms with Crippen LogP contribution in [0.4, 0.5) is 0 Å². The summed E-state index contributed by atoms with van der Waals surface area (Å²) in [5.74, 6) is 0.544. The number of amides is 1. The molecule has 1 amide bonds. The van der Waals surface area contributed by atoms with Crippen LogP contribution in [0.15, 0.2) is 30.3 Å². The third-order valence-electron chi connectivity index (χ3n) is 4.11. The predicted octanol–water partition coefficient (Wildman–Crippen LogP) is 0.433. The van der Waals surface area contributed by atoms with Crippen molar-refractivity contribution in [2.24, 2.45) is 11.7 Å². The Labute approximate surface area is 137 Å². The molecule has 1 aliphatic rings. The molecule has 0 bridgehead atoms. The first-order valence-electron chi connectivity index (χ1n) is 7.42. The summed E-state index contributed by atoms with van der Waals surface area (Å²) < 4.78 is 34.1. The molecule has 130 valence electrons. The number of hydrogen-bond donors (Lipinski definition) is 1. The zero-order chi connectivity index (χ0) is 17.7. The average Bonchev–Trinajstić information content (AvgIpc) is 3.23. The van der Waals surface area contributed by atoms with Crippen molar-refractivity contribution < 1.29 is 22.3 Å². The van der Waals surface area contributed by atoms with Crippen molar-refractivity contribution in [3.8, 4) is 0 Å². The van der Waals surface area contributed by atoms with E-state index < -0.39 is 10.4 Å². The summed E-state index contributed by atoms with van der Waals surface area (Å²) in [4.78, 5) is 14.6. The van der Waals surface area contributed by atoms with Gasteiger partial charge >= 0.3 is 0 Å². The van der Waals surface area contributed by atoms with Crippen molar-refractivity contribution in [2.75, 3.05) is 19.6 Å². The van der Waals surface area contributed by atoms with E-state index in [-0.39, 0.29) is 11.3 Å². The maximum atomic E-state index is 12.7. The molecule has 0 radical (unpaired) electrons. The highest BCUT2D eigenvalue weighted by Crippen LogP contribution is 2.54. The number of likely N-dealkylation sites (N-methyl/N-ethyl adjacent to an activating group) is 1. The van der Waals surface area contributed by atoms with Gasteiger partial charge in [0.1, 0.15) is 0 Å². The molecule has 0 aliphatic heterocycles. The fraction of sp³-hybridized carbons (Fsp3) is 0.533. The molecule has 8 heteroatoms. The van der Waals surface area contributed by atoms with E-state index in [2.05, 4.69) is 12.1 Å². The monoisotopic (exact) mass is 342 g/mol. The molecule has 0 spiro atoms. The Kier molecular flexibility index (Phi) is 6.69. The van der Waals surface area contributed by atoms with Gasteiger partial charge in [-0.15, -0.1) is 0 Å². The largest absolute Gasteiger partial charge is 0.759 e. The lowest BCUT2D eigenvalue weighted by atomic mass is 9.91. The van der Waals surface area contributed by atoms with E-state index in [4.69, 9.17) is 23.3 Å². The van der Waals surface area contributed by atoms with E-state index in [0.29, 0.717) is 12.5 Å². The average molecular weight is 342 g/mol. The molecule has 23 heavy (non-hydrogen) atoms. The van der Waals surface area contributed by atoms with Crippen LogP contribution < -0.4 is 5.73 Å². The number of nitrogens with zero attached hydrogens (tertiary/aromatic N) is 1. The molecule has 1 aliphatic carbocycles. The van der Waals surface area contributed by atoms with Crippen LogP contribution in [0, 0.1) is 5.92 Å². The number of benzene rings is 1. The fourth-order valence-electron chi connectivity index (χ4n) is 2.88. The second-order valence-corrected chi connectivity index (χ2v) is 6.18.